The lowest BCUT2D eigenvalue weighted by Crippen LogP contribution is -2.50. The van der Waals surface area contributed by atoms with Crippen molar-refractivity contribution in [3.63, 3.8) is 0 Å². The lowest BCUT2D eigenvalue weighted by Gasteiger charge is -2.35. The summed E-state index contributed by atoms with van der Waals surface area (Å²) in [4.78, 5) is 25.1. The molecule has 1 aliphatic rings. The van der Waals surface area contributed by atoms with E-state index in [1.54, 1.807) is 30.2 Å². The number of nitrogens with zero attached hydrogens (tertiary/aromatic N) is 4. The van der Waals surface area contributed by atoms with Crippen molar-refractivity contribution >= 4 is 29.1 Å². The van der Waals surface area contributed by atoms with Gasteiger partial charge in [-0.2, -0.15) is 0 Å². The zero-order chi connectivity index (χ0) is 22.5. The first kappa shape index (κ1) is 21.7. The van der Waals surface area contributed by atoms with Crippen LogP contribution in [0, 0.1) is 6.92 Å². The van der Waals surface area contributed by atoms with Gasteiger partial charge in [0.1, 0.15) is 23.6 Å². The molecule has 1 fully saturated rings. The quantitative estimate of drug-likeness (QED) is 0.608. The van der Waals surface area contributed by atoms with Crippen LogP contribution in [0.1, 0.15) is 5.56 Å². The zero-order valence-corrected chi connectivity index (χ0v) is 18.7. The van der Waals surface area contributed by atoms with Crippen molar-refractivity contribution < 1.29 is 14.3 Å². The van der Waals surface area contributed by atoms with Crippen LogP contribution in [-0.4, -0.2) is 54.2 Å². The largest absolute Gasteiger partial charge is 0.497 e. The van der Waals surface area contributed by atoms with Crippen LogP contribution in [0.25, 0.3) is 0 Å². The van der Waals surface area contributed by atoms with Gasteiger partial charge in [0.2, 0.25) is 5.88 Å². The molecule has 0 bridgehead atoms. The number of anilines is 2. The maximum absolute atomic E-state index is 12.6. The third-order valence-electron chi connectivity index (χ3n) is 5.21. The maximum atomic E-state index is 12.6. The topological polar surface area (TPSA) is 79.8 Å². The van der Waals surface area contributed by atoms with E-state index in [9.17, 15) is 4.79 Å². The van der Waals surface area contributed by atoms with Crippen molar-refractivity contribution in [1.29, 1.82) is 0 Å². The van der Waals surface area contributed by atoms with Gasteiger partial charge in [-0.1, -0.05) is 11.6 Å². The van der Waals surface area contributed by atoms with Crippen LogP contribution in [0.5, 0.6) is 17.4 Å². The summed E-state index contributed by atoms with van der Waals surface area (Å²) in [5.74, 6) is 2.62. The summed E-state index contributed by atoms with van der Waals surface area (Å²) in [6, 6.07) is 14.4. The molecule has 1 aliphatic heterocycles. The molecule has 2 amide bonds. The van der Waals surface area contributed by atoms with Crippen LogP contribution in [0.4, 0.5) is 16.3 Å². The lowest BCUT2D eigenvalue weighted by molar-refractivity contribution is 0.208. The minimum Gasteiger partial charge on any atom is -0.497 e. The molecule has 1 N–H and O–H groups in total. The van der Waals surface area contributed by atoms with Crippen molar-refractivity contribution in [3.05, 3.63) is 65.4 Å². The fourth-order valence-electron chi connectivity index (χ4n) is 3.38. The number of piperazine rings is 1. The SMILES string of the molecule is COc1ccc(NC(=O)N2CCN(c3cc(Oc4ccc(Cl)c(C)c4)ncn3)CC2)cc1. The van der Waals surface area contributed by atoms with E-state index in [-0.39, 0.29) is 6.03 Å². The van der Waals surface area contributed by atoms with Crippen molar-refractivity contribution in [2.24, 2.45) is 0 Å². The highest BCUT2D eigenvalue weighted by Crippen LogP contribution is 2.26. The molecule has 9 heteroatoms. The minimum atomic E-state index is -0.125. The summed E-state index contributed by atoms with van der Waals surface area (Å²) in [7, 11) is 1.61. The summed E-state index contributed by atoms with van der Waals surface area (Å²) in [5, 5.41) is 3.61. The number of rotatable bonds is 5. The second-order valence-corrected chi connectivity index (χ2v) is 7.77. The number of carbonyl (C=O) groups is 1. The number of amides is 2. The molecule has 2 heterocycles. The number of urea groups is 1. The van der Waals surface area contributed by atoms with E-state index in [0.717, 1.165) is 22.8 Å². The van der Waals surface area contributed by atoms with Gasteiger partial charge >= 0.3 is 6.03 Å². The average molecular weight is 454 g/mol. The normalized spacial score (nSPS) is 13.6. The van der Waals surface area contributed by atoms with Crippen molar-refractivity contribution in [2.45, 2.75) is 6.92 Å². The Morgan fingerprint density at radius 1 is 1.00 bits per heavy atom. The third-order valence-corrected chi connectivity index (χ3v) is 5.64. The Labute approximate surface area is 191 Å². The smallest absolute Gasteiger partial charge is 0.321 e. The molecule has 0 unspecified atom stereocenters. The number of halogens is 1. The Kier molecular flexibility index (Phi) is 6.61. The van der Waals surface area contributed by atoms with Gasteiger partial charge < -0.3 is 24.6 Å². The van der Waals surface area contributed by atoms with Crippen LogP contribution in [0.3, 0.4) is 0 Å². The van der Waals surface area contributed by atoms with Crippen molar-refractivity contribution in [1.82, 2.24) is 14.9 Å². The molecule has 3 aromatic rings. The van der Waals surface area contributed by atoms with E-state index in [1.807, 2.05) is 37.3 Å². The molecule has 0 saturated carbocycles. The maximum Gasteiger partial charge on any atom is 0.321 e. The summed E-state index contributed by atoms with van der Waals surface area (Å²) >= 11 is 6.08. The van der Waals surface area contributed by atoms with E-state index in [2.05, 4.69) is 20.2 Å². The number of aryl methyl sites for hydroxylation is 1. The summed E-state index contributed by atoms with van der Waals surface area (Å²) < 4.78 is 11.0. The predicted molar refractivity (Wildman–Crippen MR) is 124 cm³/mol. The van der Waals surface area contributed by atoms with Crippen molar-refractivity contribution in [3.8, 4) is 17.4 Å². The Hall–Kier alpha value is -3.52. The Morgan fingerprint density at radius 2 is 1.72 bits per heavy atom. The molecule has 0 atom stereocenters. The standard InChI is InChI=1S/C23H24ClN5O3/c1-16-13-19(7-8-20(16)24)32-22-14-21(25-15-26-22)28-9-11-29(12-10-28)23(30)27-17-3-5-18(31-2)6-4-17/h3-8,13-15H,9-12H2,1-2H3,(H,27,30). The molecule has 8 nitrogen and oxygen atoms in total. The summed E-state index contributed by atoms with van der Waals surface area (Å²) in [5.41, 5.74) is 1.66. The monoisotopic (exact) mass is 453 g/mol. The van der Waals surface area contributed by atoms with Gasteiger partial charge in [-0.05, 0) is 55.0 Å². The van der Waals surface area contributed by atoms with Gasteiger partial charge in [0.25, 0.3) is 0 Å². The highest BCUT2D eigenvalue weighted by molar-refractivity contribution is 6.31. The first-order chi connectivity index (χ1) is 15.5. The van der Waals surface area contributed by atoms with Gasteiger partial charge in [-0.25, -0.2) is 14.8 Å². The van der Waals surface area contributed by atoms with E-state index < -0.39 is 0 Å². The van der Waals surface area contributed by atoms with Gasteiger partial charge in [0.05, 0.1) is 7.11 Å². The first-order valence-corrected chi connectivity index (χ1v) is 10.6. The Morgan fingerprint density at radius 3 is 2.41 bits per heavy atom. The number of hydrogen-bond acceptors (Lipinski definition) is 6. The van der Waals surface area contributed by atoms with Crippen LogP contribution in [-0.2, 0) is 0 Å². The molecule has 0 spiro atoms. The Balaban J connectivity index is 1.34. The number of aromatic nitrogens is 2. The zero-order valence-electron chi connectivity index (χ0n) is 17.9. The lowest BCUT2D eigenvalue weighted by atomic mass is 10.2. The highest BCUT2D eigenvalue weighted by atomic mass is 35.5. The van der Waals surface area contributed by atoms with Crippen LogP contribution < -0.4 is 19.7 Å². The number of carbonyl (C=O) groups excluding carboxylic acids is 1. The van der Waals surface area contributed by atoms with E-state index in [1.165, 1.54) is 6.33 Å². The molecule has 166 valence electrons. The third kappa shape index (κ3) is 5.20. The number of nitrogens with one attached hydrogen (secondary N) is 1. The number of hydrogen-bond donors (Lipinski definition) is 1. The van der Waals surface area contributed by atoms with Crippen LogP contribution in [0.15, 0.2) is 54.9 Å². The molecule has 0 radical (unpaired) electrons. The van der Waals surface area contributed by atoms with E-state index >= 15 is 0 Å². The Bertz CT molecular complexity index is 1090. The predicted octanol–water partition coefficient (Wildman–Crippen LogP) is 4.59. The molecule has 2 aromatic carbocycles. The molecule has 0 aliphatic carbocycles. The van der Waals surface area contributed by atoms with Gasteiger partial charge in [0, 0.05) is 43.0 Å². The fourth-order valence-corrected chi connectivity index (χ4v) is 3.49. The van der Waals surface area contributed by atoms with Gasteiger partial charge in [0.15, 0.2) is 0 Å². The van der Waals surface area contributed by atoms with Gasteiger partial charge in [-0.3, -0.25) is 0 Å². The van der Waals surface area contributed by atoms with E-state index in [4.69, 9.17) is 21.1 Å². The second kappa shape index (κ2) is 9.74. The van der Waals surface area contributed by atoms with Crippen LogP contribution >= 0.6 is 11.6 Å². The minimum absolute atomic E-state index is 0.125. The number of benzene rings is 2. The second-order valence-electron chi connectivity index (χ2n) is 7.36. The van der Waals surface area contributed by atoms with Crippen molar-refractivity contribution in [2.75, 3.05) is 43.5 Å². The highest BCUT2D eigenvalue weighted by Gasteiger charge is 2.22. The molecule has 4 rings (SSSR count). The fraction of sp³-hybridized carbons (Fsp3) is 0.261. The average Bonchev–Trinajstić information content (AvgIpc) is 2.82. The molecule has 1 saturated heterocycles. The van der Waals surface area contributed by atoms with E-state index in [0.29, 0.717) is 42.8 Å². The first-order valence-electron chi connectivity index (χ1n) is 10.2. The summed E-state index contributed by atoms with van der Waals surface area (Å²) in [6.07, 6.45) is 1.48. The summed E-state index contributed by atoms with van der Waals surface area (Å²) in [6.45, 7) is 4.40. The molecular weight excluding hydrogens is 430 g/mol. The molecular formula is C23H24ClN5O3. The number of methoxy groups -OCH3 is 1. The van der Waals surface area contributed by atoms with Gasteiger partial charge in [-0.15, -0.1) is 0 Å². The molecule has 32 heavy (non-hydrogen) atoms. The number of ether oxygens (including phenoxy) is 2. The molecule has 1 aromatic heterocycles. The van der Waals surface area contributed by atoms with Crippen LogP contribution in [0.2, 0.25) is 5.02 Å².